The summed E-state index contributed by atoms with van der Waals surface area (Å²) in [4.78, 5) is 13.4. The molecule has 0 amide bonds. The molecule has 4 heteroatoms. The highest BCUT2D eigenvalue weighted by atomic mass is 16.5. The van der Waals surface area contributed by atoms with E-state index in [0.717, 1.165) is 32.6 Å². The lowest BCUT2D eigenvalue weighted by Gasteiger charge is -2.18. The number of nitrogens with zero attached hydrogens (tertiary/aromatic N) is 1. The lowest BCUT2D eigenvalue weighted by Crippen LogP contribution is -2.32. The summed E-state index contributed by atoms with van der Waals surface area (Å²) < 4.78 is 4.61. The molecule has 0 aromatic carbocycles. The van der Waals surface area contributed by atoms with Crippen LogP contribution in [0.25, 0.3) is 0 Å². The Morgan fingerprint density at radius 3 is 2.50 bits per heavy atom. The second kappa shape index (κ2) is 9.60. The summed E-state index contributed by atoms with van der Waals surface area (Å²) in [6.07, 6.45) is 1.56. The molecule has 0 aromatic rings. The molecule has 96 valence electrons. The zero-order valence-electron chi connectivity index (χ0n) is 11.1. The Bertz CT molecular complexity index is 182. The topological polar surface area (TPSA) is 41.6 Å². The molecular weight excluding hydrogens is 204 g/mol. The molecule has 0 aliphatic carbocycles. The number of carbonyl (C=O) groups is 1. The van der Waals surface area contributed by atoms with Crippen molar-refractivity contribution < 1.29 is 9.53 Å². The average Bonchev–Trinajstić information content (AvgIpc) is 2.29. The fraction of sp³-hybridized carbons (Fsp3) is 0.917. The van der Waals surface area contributed by atoms with Crippen LogP contribution in [0.2, 0.25) is 0 Å². The summed E-state index contributed by atoms with van der Waals surface area (Å²) in [6.45, 7) is 10.6. The van der Waals surface area contributed by atoms with Crippen LogP contribution in [0.4, 0.5) is 0 Å². The van der Waals surface area contributed by atoms with E-state index in [2.05, 4.69) is 28.8 Å². The second-order valence-corrected chi connectivity index (χ2v) is 4.02. The highest BCUT2D eigenvalue weighted by Crippen LogP contribution is 1.94. The second-order valence-electron chi connectivity index (χ2n) is 4.02. The first-order valence-electron chi connectivity index (χ1n) is 6.16. The van der Waals surface area contributed by atoms with Crippen LogP contribution >= 0.6 is 0 Å². The molecule has 1 atom stereocenters. The lowest BCUT2D eigenvalue weighted by atomic mass is 10.2. The Hall–Kier alpha value is -0.610. The van der Waals surface area contributed by atoms with Gasteiger partial charge in [0.15, 0.2) is 0 Å². The third-order valence-corrected chi connectivity index (χ3v) is 2.74. The van der Waals surface area contributed by atoms with Crippen LogP contribution in [0.5, 0.6) is 0 Å². The van der Waals surface area contributed by atoms with Gasteiger partial charge >= 0.3 is 5.97 Å². The monoisotopic (exact) mass is 230 g/mol. The first kappa shape index (κ1) is 15.4. The number of ether oxygens (including phenoxy) is 1. The van der Waals surface area contributed by atoms with Gasteiger partial charge in [-0.25, -0.2) is 0 Å². The molecule has 0 fully saturated rings. The third kappa shape index (κ3) is 7.65. The predicted molar refractivity (Wildman–Crippen MR) is 66.5 cm³/mol. The Labute approximate surface area is 99.3 Å². The standard InChI is InChI=1S/C12H26N2O2/c1-5-14(6-2)9-7-8-13-11(3)10-12(15)16-4/h11,13H,5-10H2,1-4H3/t11-/m1/s1. The highest BCUT2D eigenvalue weighted by Gasteiger charge is 2.07. The van der Waals surface area contributed by atoms with Gasteiger partial charge in [0.1, 0.15) is 0 Å². The van der Waals surface area contributed by atoms with Gasteiger partial charge < -0.3 is 15.0 Å². The van der Waals surface area contributed by atoms with Gasteiger partial charge in [-0.05, 0) is 39.5 Å². The van der Waals surface area contributed by atoms with Crippen LogP contribution in [-0.2, 0) is 9.53 Å². The van der Waals surface area contributed by atoms with Crippen LogP contribution < -0.4 is 5.32 Å². The SMILES string of the molecule is CCN(CC)CCCN[C@H](C)CC(=O)OC. The van der Waals surface area contributed by atoms with Crippen molar-refractivity contribution in [3.63, 3.8) is 0 Å². The van der Waals surface area contributed by atoms with Crippen molar-refractivity contribution in [3.8, 4) is 0 Å². The van der Waals surface area contributed by atoms with Crippen molar-refractivity contribution >= 4 is 5.97 Å². The van der Waals surface area contributed by atoms with Crippen LogP contribution in [0.3, 0.4) is 0 Å². The Morgan fingerprint density at radius 1 is 1.38 bits per heavy atom. The van der Waals surface area contributed by atoms with Crippen LogP contribution in [0, 0.1) is 0 Å². The Morgan fingerprint density at radius 2 is 2.00 bits per heavy atom. The fourth-order valence-electron chi connectivity index (χ4n) is 1.60. The molecule has 0 aliphatic rings. The molecule has 1 N–H and O–H groups in total. The van der Waals surface area contributed by atoms with Crippen molar-refractivity contribution in [3.05, 3.63) is 0 Å². The minimum Gasteiger partial charge on any atom is -0.469 e. The zero-order valence-corrected chi connectivity index (χ0v) is 11.1. The Balaban J connectivity index is 3.47. The molecule has 0 unspecified atom stereocenters. The maximum atomic E-state index is 11.0. The number of carbonyl (C=O) groups excluding carboxylic acids is 1. The molecule has 0 bridgehead atoms. The number of nitrogens with one attached hydrogen (secondary N) is 1. The van der Waals surface area contributed by atoms with Gasteiger partial charge in [0.2, 0.25) is 0 Å². The fourth-order valence-corrected chi connectivity index (χ4v) is 1.60. The molecule has 0 radical (unpaired) electrons. The summed E-state index contributed by atoms with van der Waals surface area (Å²) in [7, 11) is 1.43. The minimum absolute atomic E-state index is 0.149. The minimum atomic E-state index is -0.149. The van der Waals surface area contributed by atoms with Crippen molar-refractivity contribution in [1.29, 1.82) is 0 Å². The summed E-state index contributed by atoms with van der Waals surface area (Å²) in [5, 5.41) is 3.32. The number of methoxy groups -OCH3 is 1. The summed E-state index contributed by atoms with van der Waals surface area (Å²) >= 11 is 0. The van der Waals surface area contributed by atoms with Crippen molar-refractivity contribution in [1.82, 2.24) is 10.2 Å². The summed E-state index contributed by atoms with van der Waals surface area (Å²) in [6, 6.07) is 0.198. The van der Waals surface area contributed by atoms with Gasteiger partial charge in [0, 0.05) is 6.04 Å². The van der Waals surface area contributed by atoms with Crippen molar-refractivity contribution in [2.75, 3.05) is 33.3 Å². The van der Waals surface area contributed by atoms with Crippen LogP contribution in [0.15, 0.2) is 0 Å². The maximum Gasteiger partial charge on any atom is 0.307 e. The lowest BCUT2D eigenvalue weighted by molar-refractivity contribution is -0.141. The van der Waals surface area contributed by atoms with Crippen molar-refractivity contribution in [2.24, 2.45) is 0 Å². The smallest absolute Gasteiger partial charge is 0.307 e. The maximum absolute atomic E-state index is 11.0. The normalized spacial score (nSPS) is 12.8. The molecule has 16 heavy (non-hydrogen) atoms. The molecule has 0 rings (SSSR count). The van der Waals surface area contributed by atoms with Crippen LogP contribution in [-0.4, -0.2) is 50.2 Å². The van der Waals surface area contributed by atoms with Gasteiger partial charge in [0.25, 0.3) is 0 Å². The van der Waals surface area contributed by atoms with Crippen molar-refractivity contribution in [2.45, 2.75) is 39.7 Å². The van der Waals surface area contributed by atoms with Gasteiger partial charge in [0.05, 0.1) is 13.5 Å². The van der Waals surface area contributed by atoms with Gasteiger partial charge in [-0.2, -0.15) is 0 Å². The zero-order chi connectivity index (χ0) is 12.4. The van der Waals surface area contributed by atoms with E-state index in [-0.39, 0.29) is 12.0 Å². The largest absolute Gasteiger partial charge is 0.469 e. The van der Waals surface area contributed by atoms with Gasteiger partial charge in [-0.3, -0.25) is 4.79 Å². The van der Waals surface area contributed by atoms with E-state index >= 15 is 0 Å². The van der Waals surface area contributed by atoms with Gasteiger partial charge in [-0.15, -0.1) is 0 Å². The molecule has 0 heterocycles. The molecule has 0 saturated heterocycles. The van der Waals surface area contributed by atoms with Crippen LogP contribution in [0.1, 0.15) is 33.6 Å². The number of hydrogen-bond donors (Lipinski definition) is 1. The molecular formula is C12H26N2O2. The molecule has 0 spiro atoms. The Kier molecular flexibility index (Phi) is 9.24. The molecule has 0 aliphatic heterocycles. The predicted octanol–water partition coefficient (Wildman–Crippen LogP) is 1.26. The first-order valence-corrected chi connectivity index (χ1v) is 6.16. The van der Waals surface area contributed by atoms with E-state index in [0.29, 0.717) is 6.42 Å². The van der Waals surface area contributed by atoms with E-state index in [1.807, 2.05) is 6.92 Å². The van der Waals surface area contributed by atoms with E-state index < -0.39 is 0 Å². The third-order valence-electron chi connectivity index (χ3n) is 2.74. The summed E-state index contributed by atoms with van der Waals surface area (Å²) in [5.74, 6) is -0.149. The van der Waals surface area contributed by atoms with Gasteiger partial charge in [-0.1, -0.05) is 13.8 Å². The first-order chi connectivity index (χ1) is 7.63. The molecule has 0 aromatic heterocycles. The highest BCUT2D eigenvalue weighted by molar-refractivity contribution is 5.69. The quantitative estimate of drug-likeness (QED) is 0.478. The number of rotatable bonds is 9. The molecule has 0 saturated carbocycles. The number of esters is 1. The average molecular weight is 230 g/mol. The van der Waals surface area contributed by atoms with E-state index in [1.54, 1.807) is 0 Å². The summed E-state index contributed by atoms with van der Waals surface area (Å²) in [5.41, 5.74) is 0. The van der Waals surface area contributed by atoms with E-state index in [1.165, 1.54) is 7.11 Å². The van der Waals surface area contributed by atoms with E-state index in [9.17, 15) is 4.79 Å². The number of hydrogen-bond acceptors (Lipinski definition) is 4. The molecule has 4 nitrogen and oxygen atoms in total. The van der Waals surface area contributed by atoms with E-state index in [4.69, 9.17) is 0 Å².